The lowest BCUT2D eigenvalue weighted by Crippen LogP contribution is -2.27. The summed E-state index contributed by atoms with van der Waals surface area (Å²) < 4.78 is 13.2. The van der Waals surface area contributed by atoms with Crippen LogP contribution in [-0.2, 0) is 11.3 Å². The standard InChI is InChI=1S/C28H22ClN3O3S2/c1-34-23-13-12-18(14-24(23)35-2)26-20(17-32(30-26)21-9-4-3-5-10-21)15-25-27(33)31(28(36)37-25)16-19-8-6-7-11-22(19)29/h3-15,17H,16H2,1-2H3. The third-order valence-electron chi connectivity index (χ3n) is 5.87. The van der Waals surface area contributed by atoms with Gasteiger partial charge in [0.1, 0.15) is 10.0 Å². The number of amides is 1. The molecule has 4 aromatic rings. The monoisotopic (exact) mass is 547 g/mol. The van der Waals surface area contributed by atoms with Crippen molar-refractivity contribution in [2.24, 2.45) is 0 Å². The Hall–Kier alpha value is -3.59. The highest BCUT2D eigenvalue weighted by Gasteiger charge is 2.33. The van der Waals surface area contributed by atoms with Gasteiger partial charge in [-0.2, -0.15) is 5.10 Å². The van der Waals surface area contributed by atoms with E-state index in [0.29, 0.717) is 38.0 Å². The summed E-state index contributed by atoms with van der Waals surface area (Å²) in [6, 6.07) is 22.9. The molecule has 0 bridgehead atoms. The number of rotatable bonds is 7. The van der Waals surface area contributed by atoms with Crippen molar-refractivity contribution in [3.05, 3.63) is 100 Å². The molecule has 9 heteroatoms. The van der Waals surface area contributed by atoms with Crippen LogP contribution in [0.5, 0.6) is 11.5 Å². The lowest BCUT2D eigenvalue weighted by molar-refractivity contribution is -0.122. The first kappa shape index (κ1) is 25.1. The number of ether oxygens (including phenoxy) is 2. The zero-order valence-electron chi connectivity index (χ0n) is 20.1. The second-order valence-corrected chi connectivity index (χ2v) is 10.2. The number of hydrogen-bond acceptors (Lipinski definition) is 6. The van der Waals surface area contributed by atoms with Crippen LogP contribution >= 0.6 is 35.6 Å². The van der Waals surface area contributed by atoms with Gasteiger partial charge in [0.05, 0.1) is 31.4 Å². The van der Waals surface area contributed by atoms with Crippen LogP contribution in [0.4, 0.5) is 0 Å². The van der Waals surface area contributed by atoms with Crippen molar-refractivity contribution in [1.82, 2.24) is 14.7 Å². The molecular formula is C28H22ClN3O3S2. The number of carbonyl (C=O) groups excluding carboxylic acids is 1. The van der Waals surface area contributed by atoms with Crippen molar-refractivity contribution >= 4 is 51.9 Å². The maximum absolute atomic E-state index is 13.4. The predicted octanol–water partition coefficient (Wildman–Crippen LogP) is 6.61. The third kappa shape index (κ3) is 5.13. The molecule has 0 N–H and O–H groups in total. The van der Waals surface area contributed by atoms with Crippen molar-refractivity contribution in [3.8, 4) is 28.4 Å². The zero-order valence-corrected chi connectivity index (χ0v) is 22.4. The third-order valence-corrected chi connectivity index (χ3v) is 7.61. The Kier molecular flexibility index (Phi) is 7.32. The van der Waals surface area contributed by atoms with Gasteiger partial charge in [-0.25, -0.2) is 4.68 Å². The summed E-state index contributed by atoms with van der Waals surface area (Å²) >= 11 is 13.2. The quantitative estimate of drug-likeness (QED) is 0.192. The molecule has 0 atom stereocenters. The van der Waals surface area contributed by atoms with Gasteiger partial charge in [-0.15, -0.1) is 0 Å². The summed E-state index contributed by atoms with van der Waals surface area (Å²) in [5, 5.41) is 5.45. The number of carbonyl (C=O) groups is 1. The Bertz CT molecular complexity index is 1520. The first-order valence-electron chi connectivity index (χ1n) is 11.3. The van der Waals surface area contributed by atoms with Crippen LogP contribution in [0.15, 0.2) is 83.9 Å². The number of hydrogen-bond donors (Lipinski definition) is 0. The van der Waals surface area contributed by atoms with Crippen LogP contribution in [0, 0.1) is 0 Å². The topological polar surface area (TPSA) is 56.6 Å². The molecule has 3 aromatic carbocycles. The van der Waals surface area contributed by atoms with E-state index in [9.17, 15) is 4.79 Å². The number of benzene rings is 3. The predicted molar refractivity (Wildman–Crippen MR) is 152 cm³/mol. The van der Waals surface area contributed by atoms with Crippen molar-refractivity contribution in [1.29, 1.82) is 0 Å². The second-order valence-electron chi connectivity index (χ2n) is 8.14. The van der Waals surface area contributed by atoms with E-state index in [1.807, 2.05) is 79.0 Å². The van der Waals surface area contributed by atoms with E-state index >= 15 is 0 Å². The summed E-state index contributed by atoms with van der Waals surface area (Å²) in [7, 11) is 3.19. The molecule has 6 nitrogen and oxygen atoms in total. The maximum atomic E-state index is 13.4. The van der Waals surface area contributed by atoms with E-state index in [1.54, 1.807) is 29.9 Å². The molecule has 0 spiro atoms. The highest BCUT2D eigenvalue weighted by atomic mass is 35.5. The smallest absolute Gasteiger partial charge is 0.266 e. The fraction of sp³-hybridized carbons (Fsp3) is 0.107. The molecule has 5 rings (SSSR count). The Morgan fingerprint density at radius 3 is 2.46 bits per heavy atom. The SMILES string of the molecule is COc1ccc(-c2nn(-c3ccccc3)cc2C=C2SC(=S)N(Cc3ccccc3Cl)C2=O)cc1OC. The van der Waals surface area contributed by atoms with Crippen LogP contribution < -0.4 is 9.47 Å². The van der Waals surface area contributed by atoms with Crippen LogP contribution in [0.25, 0.3) is 23.0 Å². The summed E-state index contributed by atoms with van der Waals surface area (Å²) in [6.45, 7) is 0.313. The first-order chi connectivity index (χ1) is 18.0. The summed E-state index contributed by atoms with van der Waals surface area (Å²) in [5.74, 6) is 1.04. The van der Waals surface area contributed by atoms with E-state index in [0.717, 1.165) is 22.4 Å². The summed E-state index contributed by atoms with van der Waals surface area (Å²) in [4.78, 5) is 15.5. The van der Waals surface area contributed by atoms with Gasteiger partial charge in [0.15, 0.2) is 11.5 Å². The first-order valence-corrected chi connectivity index (χ1v) is 12.9. The zero-order chi connectivity index (χ0) is 25.9. The summed E-state index contributed by atoms with van der Waals surface area (Å²) in [5.41, 5.74) is 4.03. The fourth-order valence-corrected chi connectivity index (χ4v) is 5.43. The van der Waals surface area contributed by atoms with Crippen LogP contribution in [0.2, 0.25) is 5.02 Å². The molecule has 37 heavy (non-hydrogen) atoms. The van der Waals surface area contributed by atoms with E-state index in [2.05, 4.69) is 0 Å². The highest BCUT2D eigenvalue weighted by Crippen LogP contribution is 2.38. The maximum Gasteiger partial charge on any atom is 0.266 e. The van der Waals surface area contributed by atoms with Crippen molar-refractivity contribution in [3.63, 3.8) is 0 Å². The average Bonchev–Trinajstić information content (AvgIpc) is 3.46. The lowest BCUT2D eigenvalue weighted by atomic mass is 10.1. The van der Waals surface area contributed by atoms with Gasteiger partial charge in [0.25, 0.3) is 5.91 Å². The Morgan fingerprint density at radius 1 is 1.00 bits per heavy atom. The van der Waals surface area contributed by atoms with Gasteiger partial charge in [0, 0.05) is 22.3 Å². The molecule has 0 unspecified atom stereocenters. The molecule has 0 saturated carbocycles. The largest absolute Gasteiger partial charge is 0.493 e. The Labute approximate surface area is 229 Å². The average molecular weight is 548 g/mol. The van der Waals surface area contributed by atoms with Crippen LogP contribution in [0.1, 0.15) is 11.1 Å². The number of aromatic nitrogens is 2. The number of thiocarbonyl (C=S) groups is 1. The van der Waals surface area contributed by atoms with Crippen molar-refractivity contribution in [2.75, 3.05) is 14.2 Å². The number of halogens is 1. The van der Waals surface area contributed by atoms with Gasteiger partial charge in [-0.05, 0) is 48.0 Å². The molecule has 1 fully saturated rings. The molecule has 0 radical (unpaired) electrons. The normalized spacial score (nSPS) is 14.5. The number of thioether (sulfide) groups is 1. The molecule has 186 valence electrons. The minimum atomic E-state index is -0.166. The fourth-order valence-electron chi connectivity index (χ4n) is 3.99. The van der Waals surface area contributed by atoms with Gasteiger partial charge in [-0.1, -0.05) is 72.0 Å². The minimum absolute atomic E-state index is 0.166. The van der Waals surface area contributed by atoms with Gasteiger partial charge >= 0.3 is 0 Å². The van der Waals surface area contributed by atoms with E-state index in [1.165, 1.54) is 11.8 Å². The number of methoxy groups -OCH3 is 2. The second kappa shape index (κ2) is 10.8. The lowest BCUT2D eigenvalue weighted by Gasteiger charge is -2.15. The molecule has 1 amide bonds. The molecule has 1 aliphatic rings. The van der Waals surface area contributed by atoms with Gasteiger partial charge < -0.3 is 9.47 Å². The molecule has 1 aromatic heterocycles. The molecule has 1 saturated heterocycles. The molecular weight excluding hydrogens is 526 g/mol. The van der Waals surface area contributed by atoms with E-state index < -0.39 is 0 Å². The van der Waals surface area contributed by atoms with Crippen LogP contribution in [0.3, 0.4) is 0 Å². The number of para-hydroxylation sites is 1. The molecule has 1 aliphatic heterocycles. The molecule has 0 aliphatic carbocycles. The van der Waals surface area contributed by atoms with Crippen molar-refractivity contribution in [2.45, 2.75) is 6.54 Å². The van der Waals surface area contributed by atoms with Gasteiger partial charge in [-0.3, -0.25) is 9.69 Å². The van der Waals surface area contributed by atoms with Gasteiger partial charge in [0.2, 0.25) is 0 Å². The number of nitrogens with zero attached hydrogens (tertiary/aromatic N) is 3. The van der Waals surface area contributed by atoms with Crippen LogP contribution in [-0.4, -0.2) is 39.1 Å². The molecule has 2 heterocycles. The van der Waals surface area contributed by atoms with E-state index in [4.69, 9.17) is 38.4 Å². The van der Waals surface area contributed by atoms with E-state index in [-0.39, 0.29) is 5.91 Å². The van der Waals surface area contributed by atoms with Crippen molar-refractivity contribution < 1.29 is 14.3 Å². The summed E-state index contributed by atoms with van der Waals surface area (Å²) in [6.07, 6.45) is 3.74. The Balaban J connectivity index is 1.55. The Morgan fingerprint density at radius 2 is 1.73 bits per heavy atom. The highest BCUT2D eigenvalue weighted by molar-refractivity contribution is 8.26. The minimum Gasteiger partial charge on any atom is -0.493 e.